The number of rotatable bonds is 3. The molecule has 0 aromatic carbocycles. The molecule has 0 N–H and O–H groups in total. The number of nitro groups is 1. The van der Waals surface area contributed by atoms with Crippen molar-refractivity contribution in [1.82, 2.24) is 4.98 Å². The minimum Gasteiger partial charge on any atom is -0.307 e. The SMILES string of the molecule is CO[C@]1([N+](=O)[O-])N=CN(c2ccncc2)C=C1I. The van der Waals surface area contributed by atoms with Crippen LogP contribution in [0.3, 0.4) is 0 Å². The molecule has 1 aromatic rings. The molecule has 0 saturated heterocycles. The molecule has 1 aliphatic heterocycles. The lowest BCUT2D eigenvalue weighted by Gasteiger charge is -2.26. The van der Waals surface area contributed by atoms with Crippen LogP contribution in [-0.2, 0) is 4.74 Å². The first-order chi connectivity index (χ1) is 8.60. The molecular formula is C10H9IN4O3. The fourth-order valence-electron chi connectivity index (χ4n) is 1.46. The molecule has 0 spiro atoms. The normalized spacial score (nSPS) is 22.8. The van der Waals surface area contributed by atoms with E-state index in [-0.39, 0.29) is 0 Å². The van der Waals surface area contributed by atoms with Crippen LogP contribution in [-0.4, -0.2) is 29.2 Å². The van der Waals surface area contributed by atoms with E-state index in [9.17, 15) is 10.1 Å². The smallest absolute Gasteiger partial charge is 0.307 e. The quantitative estimate of drug-likeness (QED) is 0.355. The fraction of sp³-hybridized carbons (Fsp3) is 0.200. The molecule has 0 unspecified atom stereocenters. The topological polar surface area (TPSA) is 80.9 Å². The molecule has 0 aliphatic carbocycles. The lowest BCUT2D eigenvalue weighted by atomic mass is 10.3. The Bertz CT molecular complexity index is 519. The molecule has 1 aromatic heterocycles. The zero-order valence-corrected chi connectivity index (χ0v) is 11.5. The van der Waals surface area contributed by atoms with E-state index < -0.39 is 10.8 Å². The van der Waals surface area contributed by atoms with Crippen molar-refractivity contribution in [3.8, 4) is 0 Å². The van der Waals surface area contributed by atoms with Crippen LogP contribution in [0.25, 0.3) is 0 Å². The Morgan fingerprint density at radius 1 is 1.50 bits per heavy atom. The third kappa shape index (κ3) is 2.08. The molecule has 18 heavy (non-hydrogen) atoms. The predicted octanol–water partition coefficient (Wildman–Crippen LogP) is 1.78. The summed E-state index contributed by atoms with van der Waals surface area (Å²) in [5.74, 6) is -1.83. The Morgan fingerprint density at radius 2 is 2.17 bits per heavy atom. The van der Waals surface area contributed by atoms with Crippen molar-refractivity contribution in [3.63, 3.8) is 0 Å². The molecule has 0 radical (unpaired) electrons. The van der Waals surface area contributed by atoms with E-state index in [1.807, 2.05) is 22.6 Å². The first-order valence-electron chi connectivity index (χ1n) is 4.91. The van der Waals surface area contributed by atoms with Gasteiger partial charge in [0, 0.05) is 31.4 Å². The molecular weight excluding hydrogens is 351 g/mol. The van der Waals surface area contributed by atoms with E-state index in [1.54, 1.807) is 35.6 Å². The van der Waals surface area contributed by atoms with Crippen LogP contribution < -0.4 is 4.90 Å². The molecule has 8 heteroatoms. The molecule has 2 rings (SSSR count). The highest BCUT2D eigenvalue weighted by Crippen LogP contribution is 2.33. The minimum absolute atomic E-state index is 0.368. The van der Waals surface area contributed by atoms with E-state index in [4.69, 9.17) is 4.74 Å². The zero-order valence-electron chi connectivity index (χ0n) is 9.36. The average molecular weight is 360 g/mol. The van der Waals surface area contributed by atoms with Gasteiger partial charge in [-0.1, -0.05) is 0 Å². The van der Waals surface area contributed by atoms with Crippen LogP contribution in [0.2, 0.25) is 0 Å². The Labute approximate surface area is 116 Å². The van der Waals surface area contributed by atoms with Crippen molar-refractivity contribution in [2.24, 2.45) is 4.99 Å². The second kappa shape index (κ2) is 4.98. The van der Waals surface area contributed by atoms with Crippen LogP contribution >= 0.6 is 22.6 Å². The van der Waals surface area contributed by atoms with Gasteiger partial charge in [-0.05, 0) is 34.7 Å². The lowest BCUT2D eigenvalue weighted by Crippen LogP contribution is -2.42. The van der Waals surface area contributed by atoms with Crippen molar-refractivity contribution in [1.29, 1.82) is 0 Å². The average Bonchev–Trinajstić information content (AvgIpc) is 2.39. The number of ether oxygens (including phenoxy) is 1. The summed E-state index contributed by atoms with van der Waals surface area (Å²) >= 11 is 1.85. The van der Waals surface area contributed by atoms with Gasteiger partial charge in [0.1, 0.15) is 9.92 Å². The van der Waals surface area contributed by atoms with E-state index in [0.717, 1.165) is 5.69 Å². The van der Waals surface area contributed by atoms with E-state index >= 15 is 0 Å². The summed E-state index contributed by atoms with van der Waals surface area (Å²) in [6, 6.07) is 3.55. The highest BCUT2D eigenvalue weighted by Gasteiger charge is 2.48. The van der Waals surface area contributed by atoms with Crippen molar-refractivity contribution < 1.29 is 9.66 Å². The van der Waals surface area contributed by atoms with E-state index in [1.165, 1.54) is 13.4 Å². The molecule has 2 heterocycles. The van der Waals surface area contributed by atoms with E-state index in [2.05, 4.69) is 9.98 Å². The number of hydrogen-bond acceptors (Lipinski definition) is 6. The molecule has 94 valence electrons. The number of anilines is 1. The number of hydrogen-bond donors (Lipinski definition) is 0. The monoisotopic (exact) mass is 360 g/mol. The Balaban J connectivity index is 2.35. The highest BCUT2D eigenvalue weighted by molar-refractivity contribution is 14.1. The van der Waals surface area contributed by atoms with Gasteiger partial charge in [0.2, 0.25) is 0 Å². The van der Waals surface area contributed by atoms with Crippen LogP contribution in [0.15, 0.2) is 39.3 Å². The minimum atomic E-state index is -1.83. The maximum absolute atomic E-state index is 11.1. The Hall–Kier alpha value is -1.55. The van der Waals surface area contributed by atoms with Gasteiger partial charge in [0.15, 0.2) is 0 Å². The summed E-state index contributed by atoms with van der Waals surface area (Å²) < 4.78 is 5.29. The molecule has 0 amide bonds. The summed E-state index contributed by atoms with van der Waals surface area (Å²) in [6.07, 6.45) is 6.24. The first kappa shape index (κ1) is 12.9. The summed E-state index contributed by atoms with van der Waals surface area (Å²) in [7, 11) is 1.26. The van der Waals surface area contributed by atoms with Gasteiger partial charge in [-0.3, -0.25) is 19.8 Å². The van der Waals surface area contributed by atoms with Crippen LogP contribution in [0.4, 0.5) is 5.69 Å². The van der Waals surface area contributed by atoms with Gasteiger partial charge in [0.05, 0.1) is 4.92 Å². The summed E-state index contributed by atoms with van der Waals surface area (Å²) in [5.41, 5.74) is 0.816. The third-order valence-corrected chi connectivity index (χ3v) is 3.39. The number of nitrogens with zero attached hydrogens (tertiary/aromatic N) is 4. The van der Waals surface area contributed by atoms with Crippen LogP contribution in [0.5, 0.6) is 0 Å². The van der Waals surface area contributed by atoms with Gasteiger partial charge in [-0.2, -0.15) is 4.99 Å². The molecule has 0 saturated carbocycles. The van der Waals surface area contributed by atoms with Crippen molar-refractivity contribution in [3.05, 3.63) is 44.4 Å². The van der Waals surface area contributed by atoms with Gasteiger partial charge < -0.3 is 4.90 Å². The van der Waals surface area contributed by atoms with Gasteiger partial charge in [-0.25, -0.2) is 0 Å². The largest absolute Gasteiger partial charge is 0.462 e. The maximum atomic E-state index is 11.1. The molecule has 1 aliphatic rings. The number of pyridine rings is 1. The second-order valence-corrected chi connectivity index (χ2v) is 4.57. The number of aliphatic imine (C=N–C) groups is 1. The Morgan fingerprint density at radius 3 is 2.67 bits per heavy atom. The Kier molecular flexibility index (Phi) is 3.57. The summed E-state index contributed by atoms with van der Waals surface area (Å²) in [4.78, 5) is 20.0. The van der Waals surface area contributed by atoms with Crippen molar-refractivity contribution in [2.45, 2.75) is 5.85 Å². The second-order valence-electron chi connectivity index (χ2n) is 3.40. The summed E-state index contributed by atoms with van der Waals surface area (Å²) in [5, 5.41) is 11.1. The van der Waals surface area contributed by atoms with Crippen molar-refractivity contribution in [2.75, 3.05) is 12.0 Å². The third-order valence-electron chi connectivity index (χ3n) is 2.41. The number of halogens is 1. The van der Waals surface area contributed by atoms with Crippen LogP contribution in [0, 0.1) is 10.1 Å². The molecule has 7 nitrogen and oxygen atoms in total. The van der Waals surface area contributed by atoms with Crippen molar-refractivity contribution >= 4 is 34.6 Å². The predicted molar refractivity (Wildman–Crippen MR) is 74.0 cm³/mol. The van der Waals surface area contributed by atoms with E-state index in [0.29, 0.717) is 3.58 Å². The van der Waals surface area contributed by atoms with Gasteiger partial charge in [-0.15, -0.1) is 0 Å². The fourth-order valence-corrected chi connectivity index (χ4v) is 2.31. The number of aromatic nitrogens is 1. The zero-order chi connectivity index (χ0) is 13.2. The van der Waals surface area contributed by atoms with Crippen LogP contribution in [0.1, 0.15) is 0 Å². The highest BCUT2D eigenvalue weighted by atomic mass is 127. The van der Waals surface area contributed by atoms with Gasteiger partial charge in [0.25, 0.3) is 0 Å². The standard InChI is InChI=1S/C10H9IN4O3/c1-18-10(15(16)17)9(11)6-14(7-13-10)8-2-4-12-5-3-8/h2-7H,1H3/t10-/m0/s1. The molecule has 0 fully saturated rings. The van der Waals surface area contributed by atoms with Gasteiger partial charge >= 0.3 is 5.85 Å². The first-order valence-corrected chi connectivity index (χ1v) is 5.99. The number of methoxy groups -OCH3 is 1. The molecule has 0 bridgehead atoms. The maximum Gasteiger partial charge on any atom is 0.462 e. The lowest BCUT2D eigenvalue weighted by molar-refractivity contribution is -0.609. The molecule has 1 atom stereocenters. The summed E-state index contributed by atoms with van der Waals surface area (Å²) in [6.45, 7) is 0.